The molecule has 1 fully saturated rings. The molecule has 2 rings (SSSR count). The molecule has 2 N–H and O–H groups in total. The molecule has 0 aliphatic heterocycles. The fraction of sp³-hybridized carbons (Fsp3) is 0.400. The Morgan fingerprint density at radius 3 is 2.85 bits per heavy atom. The fourth-order valence-electron chi connectivity index (χ4n) is 1.14. The quantitative estimate of drug-likeness (QED) is 0.686. The molecule has 0 atom stereocenters. The highest BCUT2D eigenvalue weighted by atomic mass is 127. The predicted molar refractivity (Wildman–Crippen MR) is 61.8 cm³/mol. The minimum atomic E-state index is 0.743. The van der Waals surface area contributed by atoms with Gasteiger partial charge in [-0.15, -0.1) is 0 Å². The van der Waals surface area contributed by atoms with Gasteiger partial charge in [-0.05, 0) is 59.5 Å². The summed E-state index contributed by atoms with van der Waals surface area (Å²) >= 11 is 2.24. The van der Waals surface area contributed by atoms with Crippen LogP contribution in [0.1, 0.15) is 12.8 Å². The molecule has 0 radical (unpaired) electrons. The Morgan fingerprint density at radius 1 is 1.46 bits per heavy atom. The van der Waals surface area contributed by atoms with Crippen molar-refractivity contribution in [3.05, 3.63) is 21.8 Å². The van der Waals surface area contributed by atoms with Crippen molar-refractivity contribution in [3.8, 4) is 5.75 Å². The van der Waals surface area contributed by atoms with Crippen LogP contribution in [0.4, 0.5) is 5.69 Å². The van der Waals surface area contributed by atoms with E-state index >= 15 is 0 Å². The topological polar surface area (TPSA) is 35.2 Å². The van der Waals surface area contributed by atoms with E-state index in [1.807, 2.05) is 18.2 Å². The van der Waals surface area contributed by atoms with Crippen LogP contribution in [0.25, 0.3) is 0 Å². The van der Waals surface area contributed by atoms with Gasteiger partial charge in [-0.2, -0.15) is 0 Å². The number of halogens is 1. The smallest absolute Gasteiger partial charge is 0.142 e. The first-order chi connectivity index (χ1) is 6.25. The summed E-state index contributed by atoms with van der Waals surface area (Å²) in [6.07, 6.45) is 2.62. The van der Waals surface area contributed by atoms with Crippen LogP contribution in [0.2, 0.25) is 0 Å². The Labute approximate surface area is 91.6 Å². The number of ether oxygens (including phenoxy) is 1. The summed E-state index contributed by atoms with van der Waals surface area (Å²) in [5, 5.41) is 0. The molecule has 70 valence electrons. The summed E-state index contributed by atoms with van der Waals surface area (Å²) < 4.78 is 6.73. The Balaban J connectivity index is 2.01. The highest BCUT2D eigenvalue weighted by Gasteiger charge is 2.22. The van der Waals surface area contributed by atoms with Crippen LogP contribution in [0, 0.1) is 9.49 Å². The van der Waals surface area contributed by atoms with E-state index < -0.39 is 0 Å². The van der Waals surface area contributed by atoms with Crippen LogP contribution in [-0.2, 0) is 0 Å². The van der Waals surface area contributed by atoms with Gasteiger partial charge in [0, 0.05) is 3.57 Å². The fourth-order valence-corrected chi connectivity index (χ4v) is 1.66. The summed E-state index contributed by atoms with van der Waals surface area (Å²) in [4.78, 5) is 0. The van der Waals surface area contributed by atoms with Crippen molar-refractivity contribution in [1.29, 1.82) is 0 Å². The molecule has 0 heterocycles. The second-order valence-corrected chi connectivity index (χ2v) is 4.68. The summed E-state index contributed by atoms with van der Waals surface area (Å²) in [6, 6.07) is 5.89. The molecule has 1 saturated carbocycles. The Kier molecular flexibility index (Phi) is 2.62. The van der Waals surface area contributed by atoms with Crippen LogP contribution >= 0.6 is 22.6 Å². The van der Waals surface area contributed by atoms with Crippen molar-refractivity contribution < 1.29 is 4.74 Å². The third kappa shape index (κ3) is 2.49. The predicted octanol–water partition coefficient (Wildman–Crippen LogP) is 2.66. The Hall–Kier alpha value is -0.450. The zero-order valence-electron chi connectivity index (χ0n) is 7.29. The zero-order valence-corrected chi connectivity index (χ0v) is 9.45. The molecule has 0 spiro atoms. The molecule has 0 saturated heterocycles. The number of benzene rings is 1. The van der Waals surface area contributed by atoms with Crippen LogP contribution in [-0.4, -0.2) is 6.61 Å². The lowest BCUT2D eigenvalue weighted by molar-refractivity contribution is 0.301. The standard InChI is InChI=1S/C10H12INO/c11-8-3-4-10(9(12)5-8)13-6-7-1-2-7/h3-5,7H,1-2,6,12H2. The largest absolute Gasteiger partial charge is 0.491 e. The van der Waals surface area contributed by atoms with E-state index in [2.05, 4.69) is 22.6 Å². The average molecular weight is 289 g/mol. The maximum Gasteiger partial charge on any atom is 0.142 e. The minimum absolute atomic E-state index is 0.743. The van der Waals surface area contributed by atoms with Gasteiger partial charge in [-0.3, -0.25) is 0 Å². The van der Waals surface area contributed by atoms with Gasteiger partial charge in [-0.1, -0.05) is 0 Å². The lowest BCUT2D eigenvalue weighted by atomic mass is 10.3. The van der Waals surface area contributed by atoms with Crippen LogP contribution in [0.15, 0.2) is 18.2 Å². The summed E-state index contributed by atoms with van der Waals surface area (Å²) in [5.74, 6) is 1.60. The van der Waals surface area contributed by atoms with Gasteiger partial charge in [0.1, 0.15) is 5.75 Å². The molecule has 0 unspecified atom stereocenters. The average Bonchev–Trinajstić information content (AvgIpc) is 2.86. The van der Waals surface area contributed by atoms with Crippen molar-refractivity contribution in [3.63, 3.8) is 0 Å². The highest BCUT2D eigenvalue weighted by Crippen LogP contribution is 2.31. The molecular weight excluding hydrogens is 277 g/mol. The number of nitrogen functional groups attached to an aromatic ring is 1. The van der Waals surface area contributed by atoms with Crippen molar-refractivity contribution in [1.82, 2.24) is 0 Å². The third-order valence-corrected chi connectivity index (χ3v) is 2.81. The lowest BCUT2D eigenvalue weighted by Gasteiger charge is -2.07. The summed E-state index contributed by atoms with van der Waals surface area (Å²) in [7, 11) is 0. The summed E-state index contributed by atoms with van der Waals surface area (Å²) in [5.41, 5.74) is 6.54. The molecule has 1 aliphatic rings. The first-order valence-electron chi connectivity index (χ1n) is 4.43. The molecule has 0 aromatic heterocycles. The second-order valence-electron chi connectivity index (χ2n) is 3.44. The van der Waals surface area contributed by atoms with E-state index in [0.717, 1.165) is 27.5 Å². The van der Waals surface area contributed by atoms with Crippen LogP contribution in [0.5, 0.6) is 5.75 Å². The van der Waals surface area contributed by atoms with Gasteiger partial charge in [0.2, 0.25) is 0 Å². The molecule has 3 heteroatoms. The Bertz CT molecular complexity index is 310. The molecule has 13 heavy (non-hydrogen) atoms. The highest BCUT2D eigenvalue weighted by molar-refractivity contribution is 14.1. The zero-order chi connectivity index (χ0) is 9.26. The van der Waals surface area contributed by atoms with Gasteiger partial charge >= 0.3 is 0 Å². The van der Waals surface area contributed by atoms with E-state index in [-0.39, 0.29) is 0 Å². The third-order valence-electron chi connectivity index (χ3n) is 2.14. The van der Waals surface area contributed by atoms with E-state index in [4.69, 9.17) is 10.5 Å². The van der Waals surface area contributed by atoms with Crippen LogP contribution in [0.3, 0.4) is 0 Å². The van der Waals surface area contributed by atoms with E-state index in [1.54, 1.807) is 0 Å². The van der Waals surface area contributed by atoms with Gasteiger partial charge in [-0.25, -0.2) is 0 Å². The minimum Gasteiger partial charge on any atom is -0.491 e. The monoisotopic (exact) mass is 289 g/mol. The molecule has 1 aliphatic carbocycles. The SMILES string of the molecule is Nc1cc(I)ccc1OCC1CC1. The first-order valence-corrected chi connectivity index (χ1v) is 5.51. The number of hydrogen-bond donors (Lipinski definition) is 1. The number of nitrogens with two attached hydrogens (primary N) is 1. The van der Waals surface area contributed by atoms with Gasteiger partial charge in [0.25, 0.3) is 0 Å². The number of rotatable bonds is 3. The molecule has 2 nitrogen and oxygen atoms in total. The normalized spacial score (nSPS) is 15.8. The summed E-state index contributed by atoms with van der Waals surface area (Å²) in [6.45, 7) is 0.824. The maximum atomic E-state index is 5.80. The molecule has 0 bridgehead atoms. The second kappa shape index (κ2) is 3.74. The lowest BCUT2D eigenvalue weighted by Crippen LogP contribution is -2.01. The molecular formula is C10H12INO. The van der Waals surface area contributed by atoms with Gasteiger partial charge < -0.3 is 10.5 Å². The number of anilines is 1. The van der Waals surface area contributed by atoms with E-state index in [9.17, 15) is 0 Å². The van der Waals surface area contributed by atoms with E-state index in [0.29, 0.717) is 0 Å². The van der Waals surface area contributed by atoms with Crippen molar-refractivity contribution in [2.24, 2.45) is 5.92 Å². The van der Waals surface area contributed by atoms with Gasteiger partial charge in [0.15, 0.2) is 0 Å². The molecule has 1 aromatic carbocycles. The molecule has 0 amide bonds. The van der Waals surface area contributed by atoms with Crippen molar-refractivity contribution >= 4 is 28.3 Å². The van der Waals surface area contributed by atoms with Crippen molar-refractivity contribution in [2.75, 3.05) is 12.3 Å². The van der Waals surface area contributed by atoms with Crippen LogP contribution < -0.4 is 10.5 Å². The van der Waals surface area contributed by atoms with E-state index in [1.165, 1.54) is 12.8 Å². The van der Waals surface area contributed by atoms with Gasteiger partial charge in [0.05, 0.1) is 12.3 Å². The van der Waals surface area contributed by atoms with Crippen molar-refractivity contribution in [2.45, 2.75) is 12.8 Å². The number of hydrogen-bond acceptors (Lipinski definition) is 2. The maximum absolute atomic E-state index is 5.80. The Morgan fingerprint density at radius 2 is 2.23 bits per heavy atom. The molecule has 1 aromatic rings. The first kappa shape index (κ1) is 9.12.